The second-order valence-electron chi connectivity index (χ2n) is 8.64. The monoisotopic (exact) mass is 493 g/mol. The molecule has 2 aromatic rings. The fraction of sp³-hybridized carbons (Fsp3) is 0.391. The molecule has 2 aromatic carbocycles. The van der Waals surface area contributed by atoms with Crippen LogP contribution in [0.25, 0.3) is 0 Å². The summed E-state index contributed by atoms with van der Waals surface area (Å²) in [6.07, 6.45) is -0.683. The molecule has 0 aliphatic carbocycles. The molecule has 0 atom stereocenters. The zero-order valence-corrected chi connectivity index (χ0v) is 21.1. The van der Waals surface area contributed by atoms with Crippen molar-refractivity contribution >= 4 is 33.4 Å². The number of amides is 2. The molecule has 0 spiro atoms. The van der Waals surface area contributed by atoms with Crippen LogP contribution in [0.5, 0.6) is 11.5 Å². The van der Waals surface area contributed by atoms with E-state index >= 15 is 0 Å². The van der Waals surface area contributed by atoms with Gasteiger partial charge < -0.3 is 19.5 Å². The minimum absolute atomic E-state index is 0.0994. The minimum atomic E-state index is -3.91. The van der Waals surface area contributed by atoms with Gasteiger partial charge in [0.05, 0.1) is 19.9 Å². The summed E-state index contributed by atoms with van der Waals surface area (Å²) in [6.45, 7) is 8.59. The van der Waals surface area contributed by atoms with Crippen LogP contribution >= 0.6 is 0 Å². The average Bonchev–Trinajstić information content (AvgIpc) is 2.71. The van der Waals surface area contributed by atoms with Crippen molar-refractivity contribution in [1.29, 1.82) is 0 Å². The zero-order valence-electron chi connectivity index (χ0n) is 20.3. The number of hydrogen-bond donors (Lipinski definition) is 3. The van der Waals surface area contributed by atoms with Crippen molar-refractivity contribution in [3.05, 3.63) is 42.0 Å². The van der Waals surface area contributed by atoms with E-state index < -0.39 is 27.6 Å². The molecule has 0 bridgehead atoms. The van der Waals surface area contributed by atoms with Crippen molar-refractivity contribution in [1.82, 2.24) is 4.72 Å². The first-order chi connectivity index (χ1) is 15.8. The number of benzene rings is 2. The summed E-state index contributed by atoms with van der Waals surface area (Å²) in [5, 5.41) is 5.28. The molecule has 0 heterocycles. The Morgan fingerprint density at radius 3 is 2.09 bits per heavy atom. The Balaban J connectivity index is 2.32. The second-order valence-corrected chi connectivity index (χ2v) is 10.3. The summed E-state index contributed by atoms with van der Waals surface area (Å²) in [5.41, 5.74) is 0.0356. The van der Waals surface area contributed by atoms with Crippen LogP contribution in [-0.4, -0.2) is 46.3 Å². The van der Waals surface area contributed by atoms with Crippen LogP contribution in [0.15, 0.2) is 41.3 Å². The molecular weight excluding hydrogens is 462 g/mol. The third kappa shape index (κ3) is 7.35. The van der Waals surface area contributed by atoms with E-state index in [4.69, 9.17) is 14.2 Å². The van der Waals surface area contributed by atoms with Gasteiger partial charge in [-0.1, -0.05) is 0 Å². The topological polar surface area (TPSA) is 132 Å². The highest BCUT2D eigenvalue weighted by atomic mass is 32.2. The lowest BCUT2D eigenvalue weighted by Gasteiger charge is -2.20. The third-order valence-electron chi connectivity index (χ3n) is 4.20. The van der Waals surface area contributed by atoms with E-state index in [0.717, 1.165) is 0 Å². The van der Waals surface area contributed by atoms with E-state index in [1.807, 2.05) is 0 Å². The smallest absolute Gasteiger partial charge is 0.412 e. The molecule has 0 saturated carbocycles. The van der Waals surface area contributed by atoms with Gasteiger partial charge in [-0.3, -0.25) is 10.1 Å². The first-order valence-electron chi connectivity index (χ1n) is 10.5. The maximum atomic E-state index is 12.9. The predicted octanol–water partition coefficient (Wildman–Crippen LogP) is 3.99. The van der Waals surface area contributed by atoms with Crippen LogP contribution in [0.4, 0.5) is 16.2 Å². The SMILES string of the molecule is COc1ccc(NC(=O)c2ccc(OC)c(S(=O)(=O)NC(C)C)c2)cc1NC(=O)OC(C)(C)C. The lowest BCUT2D eigenvalue weighted by Crippen LogP contribution is -2.30. The lowest BCUT2D eigenvalue weighted by molar-refractivity contribution is 0.0635. The third-order valence-corrected chi connectivity index (χ3v) is 5.88. The number of nitrogens with one attached hydrogen (secondary N) is 3. The predicted molar refractivity (Wildman–Crippen MR) is 129 cm³/mol. The van der Waals surface area contributed by atoms with Crippen LogP contribution in [0.2, 0.25) is 0 Å². The highest BCUT2D eigenvalue weighted by Gasteiger charge is 2.23. The fourth-order valence-corrected chi connectivity index (χ4v) is 4.35. The summed E-state index contributed by atoms with van der Waals surface area (Å²) >= 11 is 0. The fourth-order valence-electron chi connectivity index (χ4n) is 2.90. The summed E-state index contributed by atoms with van der Waals surface area (Å²) in [5.74, 6) is -0.0866. The molecule has 0 radical (unpaired) electrons. The van der Waals surface area contributed by atoms with Gasteiger partial charge in [0.25, 0.3) is 5.91 Å². The maximum absolute atomic E-state index is 12.9. The van der Waals surface area contributed by atoms with E-state index in [0.29, 0.717) is 11.4 Å². The van der Waals surface area contributed by atoms with E-state index in [1.54, 1.807) is 46.8 Å². The zero-order chi connectivity index (χ0) is 25.7. The first-order valence-corrected chi connectivity index (χ1v) is 11.9. The van der Waals surface area contributed by atoms with Gasteiger partial charge >= 0.3 is 6.09 Å². The van der Waals surface area contributed by atoms with Gasteiger partial charge in [0.15, 0.2) is 0 Å². The molecule has 2 amide bonds. The number of carbonyl (C=O) groups is 2. The number of rotatable bonds is 8. The minimum Gasteiger partial charge on any atom is -0.495 e. The average molecular weight is 494 g/mol. The van der Waals surface area contributed by atoms with Crippen molar-refractivity contribution in [2.24, 2.45) is 0 Å². The summed E-state index contributed by atoms with van der Waals surface area (Å²) in [7, 11) is -1.12. The normalized spacial score (nSPS) is 11.6. The standard InChI is InChI=1S/C23H31N3O7S/c1-14(2)26-34(29,30)20-12-15(8-10-19(20)32-7)21(27)24-16-9-11-18(31-6)17(13-16)25-22(28)33-23(3,4)5/h8-14,26H,1-7H3,(H,24,27)(H,25,28). The van der Waals surface area contributed by atoms with Gasteiger partial charge in [-0.15, -0.1) is 0 Å². The van der Waals surface area contributed by atoms with E-state index in [1.165, 1.54) is 38.5 Å². The summed E-state index contributed by atoms with van der Waals surface area (Å²) < 4.78 is 43.5. The number of methoxy groups -OCH3 is 2. The van der Waals surface area contributed by atoms with Crippen molar-refractivity contribution in [3.8, 4) is 11.5 Å². The summed E-state index contributed by atoms with van der Waals surface area (Å²) in [6, 6.07) is 8.41. The van der Waals surface area contributed by atoms with Gasteiger partial charge in [0.1, 0.15) is 22.0 Å². The molecule has 10 nitrogen and oxygen atoms in total. The molecular formula is C23H31N3O7S. The van der Waals surface area contributed by atoms with Crippen molar-refractivity contribution < 1.29 is 32.2 Å². The number of carbonyl (C=O) groups excluding carboxylic acids is 2. The Hall–Kier alpha value is -3.31. The lowest BCUT2D eigenvalue weighted by atomic mass is 10.2. The highest BCUT2D eigenvalue weighted by molar-refractivity contribution is 7.89. The van der Waals surface area contributed by atoms with Crippen molar-refractivity contribution in [2.75, 3.05) is 24.9 Å². The quantitative estimate of drug-likeness (QED) is 0.506. The molecule has 11 heteroatoms. The van der Waals surface area contributed by atoms with E-state index in [-0.39, 0.29) is 27.9 Å². The highest BCUT2D eigenvalue weighted by Crippen LogP contribution is 2.30. The molecule has 0 aliphatic heterocycles. The Bertz CT molecular complexity index is 1160. The summed E-state index contributed by atoms with van der Waals surface area (Å²) in [4.78, 5) is 24.9. The largest absolute Gasteiger partial charge is 0.495 e. The first kappa shape index (κ1) is 26.9. The molecule has 0 fully saturated rings. The molecule has 0 unspecified atom stereocenters. The number of ether oxygens (including phenoxy) is 3. The van der Waals surface area contributed by atoms with Crippen LogP contribution < -0.4 is 24.8 Å². The van der Waals surface area contributed by atoms with E-state index in [9.17, 15) is 18.0 Å². The van der Waals surface area contributed by atoms with Gasteiger partial charge in [-0.2, -0.15) is 0 Å². The van der Waals surface area contributed by atoms with E-state index in [2.05, 4.69) is 15.4 Å². The molecule has 0 saturated heterocycles. The molecule has 186 valence electrons. The van der Waals surface area contributed by atoms with Crippen LogP contribution in [-0.2, 0) is 14.8 Å². The number of sulfonamides is 1. The van der Waals surface area contributed by atoms with Crippen molar-refractivity contribution in [3.63, 3.8) is 0 Å². The van der Waals surface area contributed by atoms with Gasteiger partial charge in [-0.05, 0) is 71.0 Å². The second kappa shape index (κ2) is 10.7. The van der Waals surface area contributed by atoms with Gasteiger partial charge in [0.2, 0.25) is 10.0 Å². The Kier molecular flexibility index (Phi) is 8.51. The number of hydrogen-bond acceptors (Lipinski definition) is 7. The molecule has 34 heavy (non-hydrogen) atoms. The number of anilines is 2. The van der Waals surface area contributed by atoms with Crippen molar-refractivity contribution in [2.45, 2.75) is 51.2 Å². The Morgan fingerprint density at radius 2 is 1.53 bits per heavy atom. The maximum Gasteiger partial charge on any atom is 0.412 e. The molecule has 2 rings (SSSR count). The molecule has 0 aliphatic rings. The van der Waals surface area contributed by atoms with Gasteiger partial charge in [-0.25, -0.2) is 17.9 Å². The molecule has 3 N–H and O–H groups in total. The van der Waals surface area contributed by atoms with Crippen LogP contribution in [0.3, 0.4) is 0 Å². The molecule has 0 aromatic heterocycles. The van der Waals surface area contributed by atoms with Crippen LogP contribution in [0, 0.1) is 0 Å². The Morgan fingerprint density at radius 1 is 0.912 bits per heavy atom. The van der Waals surface area contributed by atoms with Gasteiger partial charge in [0, 0.05) is 17.3 Å². The van der Waals surface area contributed by atoms with Crippen LogP contribution in [0.1, 0.15) is 45.0 Å². The Labute approximate surface area is 200 Å².